The average molecular weight is 216 g/mol. The van der Waals surface area contributed by atoms with Crippen LogP contribution >= 0.6 is 0 Å². The van der Waals surface area contributed by atoms with E-state index in [1.165, 1.54) is 6.33 Å². The fourth-order valence-electron chi connectivity index (χ4n) is 1.53. The van der Waals surface area contributed by atoms with Gasteiger partial charge in [0.15, 0.2) is 17.3 Å². The third-order valence-electron chi connectivity index (χ3n) is 2.29. The number of hydrogen-bond donors (Lipinski definition) is 1. The number of anilines is 1. The number of nitrogens with two attached hydrogens (primary N) is 1. The molecule has 0 unspecified atom stereocenters. The predicted octanol–water partition coefficient (Wildman–Crippen LogP) is 0.849. The number of benzene rings is 1. The van der Waals surface area contributed by atoms with E-state index in [1.54, 1.807) is 0 Å². The van der Waals surface area contributed by atoms with E-state index in [1.807, 2.05) is 18.2 Å². The third kappa shape index (κ3) is 1.31. The van der Waals surface area contributed by atoms with E-state index in [-0.39, 0.29) is 6.79 Å². The van der Waals surface area contributed by atoms with Gasteiger partial charge in [-0.15, -0.1) is 10.2 Å². The largest absolute Gasteiger partial charge is 0.454 e. The van der Waals surface area contributed by atoms with E-state index in [9.17, 15) is 0 Å². The van der Waals surface area contributed by atoms with Crippen molar-refractivity contribution in [1.82, 2.24) is 15.2 Å². The summed E-state index contributed by atoms with van der Waals surface area (Å²) in [6.07, 6.45) is 1.31. The molecule has 0 atom stereocenters. The van der Waals surface area contributed by atoms with E-state index < -0.39 is 0 Å². The minimum Gasteiger partial charge on any atom is -0.454 e. The summed E-state index contributed by atoms with van der Waals surface area (Å²) >= 11 is 0. The second-order valence-electron chi connectivity index (χ2n) is 3.26. The first-order chi connectivity index (χ1) is 7.84. The zero-order chi connectivity index (χ0) is 11.0. The van der Waals surface area contributed by atoms with Gasteiger partial charge in [-0.3, -0.25) is 0 Å². The molecular weight excluding hydrogens is 208 g/mol. The summed E-state index contributed by atoms with van der Waals surface area (Å²) in [6, 6.07) is 5.46. The van der Waals surface area contributed by atoms with Gasteiger partial charge < -0.3 is 15.2 Å². The first-order valence-corrected chi connectivity index (χ1v) is 4.68. The van der Waals surface area contributed by atoms with Gasteiger partial charge in [-0.2, -0.15) is 0 Å². The molecule has 0 aliphatic carbocycles. The zero-order valence-electron chi connectivity index (χ0n) is 8.25. The van der Waals surface area contributed by atoms with Crippen LogP contribution in [0, 0.1) is 0 Å². The molecular formula is C10H8N4O2. The first-order valence-electron chi connectivity index (χ1n) is 4.68. The Bertz CT molecular complexity index is 544. The van der Waals surface area contributed by atoms with Crippen LogP contribution < -0.4 is 15.2 Å². The number of ether oxygens (including phenoxy) is 2. The van der Waals surface area contributed by atoms with E-state index in [2.05, 4.69) is 15.2 Å². The molecule has 0 bridgehead atoms. The molecule has 2 aromatic rings. The Kier molecular flexibility index (Phi) is 1.86. The molecule has 0 fully saturated rings. The second-order valence-corrected chi connectivity index (χ2v) is 3.26. The summed E-state index contributed by atoms with van der Waals surface area (Å²) < 4.78 is 10.5. The van der Waals surface area contributed by atoms with Crippen LogP contribution in [0.1, 0.15) is 0 Å². The minimum absolute atomic E-state index is 0.243. The number of nitrogens with zero attached hydrogens (tertiary/aromatic N) is 3. The van der Waals surface area contributed by atoms with Gasteiger partial charge in [-0.05, 0) is 18.2 Å². The highest BCUT2D eigenvalue weighted by molar-refractivity contribution is 5.71. The van der Waals surface area contributed by atoms with Crippen LogP contribution in [0.3, 0.4) is 0 Å². The molecule has 80 valence electrons. The molecule has 0 radical (unpaired) electrons. The van der Waals surface area contributed by atoms with Crippen molar-refractivity contribution < 1.29 is 9.47 Å². The van der Waals surface area contributed by atoms with E-state index in [4.69, 9.17) is 15.2 Å². The van der Waals surface area contributed by atoms with E-state index in [0.717, 1.165) is 11.3 Å². The van der Waals surface area contributed by atoms with Crippen LogP contribution in [-0.4, -0.2) is 22.0 Å². The summed E-state index contributed by atoms with van der Waals surface area (Å²) in [5.74, 6) is 1.75. The molecule has 1 aromatic carbocycles. The van der Waals surface area contributed by atoms with Gasteiger partial charge in [-0.1, -0.05) is 0 Å². The maximum atomic E-state index is 5.71. The van der Waals surface area contributed by atoms with Crippen LogP contribution in [0.25, 0.3) is 11.3 Å². The van der Waals surface area contributed by atoms with Crippen molar-refractivity contribution in [2.24, 2.45) is 0 Å². The van der Waals surface area contributed by atoms with Crippen molar-refractivity contribution in [2.75, 3.05) is 12.5 Å². The van der Waals surface area contributed by atoms with Crippen LogP contribution in [0.15, 0.2) is 24.5 Å². The van der Waals surface area contributed by atoms with Crippen molar-refractivity contribution in [2.45, 2.75) is 0 Å². The molecule has 3 rings (SSSR count). The number of nitrogen functional groups attached to an aromatic ring is 1. The summed E-state index contributed by atoms with van der Waals surface area (Å²) in [7, 11) is 0. The lowest BCUT2D eigenvalue weighted by Gasteiger charge is -2.03. The SMILES string of the molecule is Nc1ncnnc1-c1ccc2c(c1)OCO2. The lowest BCUT2D eigenvalue weighted by atomic mass is 10.1. The van der Waals surface area contributed by atoms with Crippen LogP contribution in [0.2, 0.25) is 0 Å². The van der Waals surface area contributed by atoms with Crippen LogP contribution in [-0.2, 0) is 0 Å². The summed E-state index contributed by atoms with van der Waals surface area (Å²) in [4.78, 5) is 3.88. The Hall–Kier alpha value is -2.37. The molecule has 0 amide bonds. The van der Waals surface area contributed by atoms with Gasteiger partial charge in [0.1, 0.15) is 12.0 Å². The molecule has 0 spiro atoms. The summed E-state index contributed by atoms with van der Waals surface area (Å²) in [5, 5.41) is 7.64. The lowest BCUT2D eigenvalue weighted by Crippen LogP contribution is -1.98. The van der Waals surface area contributed by atoms with Gasteiger partial charge in [0.2, 0.25) is 6.79 Å². The van der Waals surface area contributed by atoms with Gasteiger partial charge in [0.05, 0.1) is 0 Å². The molecule has 1 aliphatic rings. The molecule has 0 saturated heterocycles. The van der Waals surface area contributed by atoms with Gasteiger partial charge >= 0.3 is 0 Å². The zero-order valence-corrected chi connectivity index (χ0v) is 8.25. The number of hydrogen-bond acceptors (Lipinski definition) is 6. The van der Waals surface area contributed by atoms with Crippen LogP contribution in [0.4, 0.5) is 5.82 Å². The van der Waals surface area contributed by atoms with Crippen LogP contribution in [0.5, 0.6) is 11.5 Å². The number of fused-ring (bicyclic) bond motifs is 1. The van der Waals surface area contributed by atoms with Crippen molar-refractivity contribution in [1.29, 1.82) is 0 Å². The highest BCUT2D eigenvalue weighted by Gasteiger charge is 2.15. The molecule has 6 nitrogen and oxygen atoms in total. The maximum Gasteiger partial charge on any atom is 0.231 e. The van der Waals surface area contributed by atoms with Gasteiger partial charge in [0, 0.05) is 5.56 Å². The fraction of sp³-hybridized carbons (Fsp3) is 0.100. The number of aromatic nitrogens is 3. The Labute approximate surface area is 91.0 Å². The van der Waals surface area contributed by atoms with Crippen molar-refractivity contribution in [3.8, 4) is 22.8 Å². The topological polar surface area (TPSA) is 83.2 Å². The van der Waals surface area contributed by atoms with Crippen molar-refractivity contribution >= 4 is 5.82 Å². The maximum absolute atomic E-state index is 5.71. The van der Waals surface area contributed by atoms with Crippen molar-refractivity contribution in [3.63, 3.8) is 0 Å². The Morgan fingerprint density at radius 2 is 2.06 bits per heavy atom. The Morgan fingerprint density at radius 3 is 2.94 bits per heavy atom. The molecule has 1 aliphatic heterocycles. The van der Waals surface area contributed by atoms with Crippen molar-refractivity contribution in [3.05, 3.63) is 24.5 Å². The molecule has 1 aromatic heterocycles. The van der Waals surface area contributed by atoms with Gasteiger partial charge in [0.25, 0.3) is 0 Å². The average Bonchev–Trinajstić information content (AvgIpc) is 2.76. The third-order valence-corrected chi connectivity index (χ3v) is 2.29. The monoisotopic (exact) mass is 216 g/mol. The minimum atomic E-state index is 0.243. The molecule has 0 saturated carbocycles. The first kappa shape index (κ1) is 8.90. The van der Waals surface area contributed by atoms with Gasteiger partial charge in [-0.25, -0.2) is 4.98 Å². The van der Waals surface area contributed by atoms with E-state index in [0.29, 0.717) is 17.3 Å². The normalized spacial score (nSPS) is 12.8. The molecule has 6 heteroatoms. The highest BCUT2D eigenvalue weighted by atomic mass is 16.7. The molecule has 16 heavy (non-hydrogen) atoms. The standard InChI is InChI=1S/C10H8N4O2/c11-10-9(14-13-4-12-10)6-1-2-7-8(3-6)16-5-15-7/h1-4H,5H2,(H2,11,12,13). The Balaban J connectivity index is 2.11. The highest BCUT2D eigenvalue weighted by Crippen LogP contribution is 2.35. The molecule has 2 N–H and O–H groups in total. The second kappa shape index (κ2) is 3.34. The quantitative estimate of drug-likeness (QED) is 0.760. The fourth-order valence-corrected chi connectivity index (χ4v) is 1.53. The Morgan fingerprint density at radius 1 is 1.19 bits per heavy atom. The molecule has 2 heterocycles. The smallest absolute Gasteiger partial charge is 0.231 e. The predicted molar refractivity (Wildman–Crippen MR) is 55.8 cm³/mol. The lowest BCUT2D eigenvalue weighted by molar-refractivity contribution is 0.174. The van der Waals surface area contributed by atoms with E-state index >= 15 is 0 Å². The summed E-state index contributed by atoms with van der Waals surface area (Å²) in [5.41, 5.74) is 7.06. The summed E-state index contributed by atoms with van der Waals surface area (Å²) in [6.45, 7) is 0.243. The number of rotatable bonds is 1.